The van der Waals surface area contributed by atoms with Crippen molar-refractivity contribution in [3.8, 4) is 0 Å². The predicted octanol–water partition coefficient (Wildman–Crippen LogP) is 5.93. The molecule has 4 rings (SSSR count). The van der Waals surface area contributed by atoms with Crippen LogP contribution in [0.25, 0.3) is 0 Å². The summed E-state index contributed by atoms with van der Waals surface area (Å²) in [6.45, 7) is 2.15. The summed E-state index contributed by atoms with van der Waals surface area (Å²) in [6, 6.07) is 36.3. The third-order valence-electron chi connectivity index (χ3n) is 7.69. The van der Waals surface area contributed by atoms with Crippen molar-refractivity contribution in [2.45, 2.75) is 51.6 Å². The molecule has 0 atom stereocenters. The quantitative estimate of drug-likeness (QED) is 0.0914. The number of nitrogens with one attached hydrogen (secondary N) is 2. The van der Waals surface area contributed by atoms with Crippen LogP contribution in [0.2, 0.25) is 0 Å². The largest absolute Gasteiger partial charge is 0.336 e. The van der Waals surface area contributed by atoms with Crippen LogP contribution in [0.1, 0.15) is 45.4 Å². The molecule has 2 N–H and O–H groups in total. The first-order valence-corrected chi connectivity index (χ1v) is 19.1. The zero-order valence-electron chi connectivity index (χ0n) is 25.3. The van der Waals surface area contributed by atoms with E-state index in [2.05, 4.69) is 17.6 Å². The highest BCUT2D eigenvalue weighted by molar-refractivity contribution is 7.79. The van der Waals surface area contributed by atoms with Crippen molar-refractivity contribution in [1.29, 1.82) is 0 Å². The molecule has 6 nitrogen and oxygen atoms in total. The molecule has 0 aliphatic carbocycles. The maximum Gasteiger partial charge on any atom is 0.229 e. The lowest BCUT2D eigenvalue weighted by atomic mass is 10.1. The fraction of sp³-hybridized carbons (Fsp3) is 0.278. The average molecular weight is 629 g/mol. The fourth-order valence-electron chi connectivity index (χ4n) is 5.36. The predicted molar refractivity (Wildman–Crippen MR) is 183 cm³/mol. The molecule has 0 aliphatic rings. The van der Waals surface area contributed by atoms with Crippen LogP contribution in [0.3, 0.4) is 0 Å². The fourth-order valence-corrected chi connectivity index (χ4v) is 10.3. The SMILES string of the molecule is CCCCCCCC(NC(=O)CP(=O)(c1ccccc1)c1ccccc1)NC(=O)CP(=O)(c1ccccc1)c1ccccc1. The Bertz CT molecular complexity index is 1370. The number of rotatable bonds is 16. The van der Waals surface area contributed by atoms with Gasteiger partial charge in [0, 0.05) is 21.2 Å². The average Bonchev–Trinajstić information content (AvgIpc) is 3.06. The number of amides is 2. The molecule has 0 fully saturated rings. The zero-order chi connectivity index (χ0) is 31.3. The van der Waals surface area contributed by atoms with Gasteiger partial charge in [0.15, 0.2) is 14.3 Å². The highest BCUT2D eigenvalue weighted by Gasteiger charge is 2.33. The Morgan fingerprint density at radius 3 is 1.16 bits per heavy atom. The molecule has 0 saturated heterocycles. The number of hydrogen-bond donors (Lipinski definition) is 2. The van der Waals surface area contributed by atoms with E-state index in [-0.39, 0.29) is 12.3 Å². The van der Waals surface area contributed by atoms with Crippen molar-refractivity contribution < 1.29 is 18.7 Å². The van der Waals surface area contributed by atoms with Gasteiger partial charge in [-0.15, -0.1) is 0 Å². The van der Waals surface area contributed by atoms with Crippen LogP contribution in [-0.4, -0.2) is 30.3 Å². The number of carbonyl (C=O) groups excluding carboxylic acids is 2. The molecule has 4 aromatic carbocycles. The minimum atomic E-state index is -3.29. The molecule has 230 valence electrons. The molecule has 44 heavy (non-hydrogen) atoms. The van der Waals surface area contributed by atoms with Gasteiger partial charge in [0.2, 0.25) is 11.8 Å². The van der Waals surface area contributed by atoms with Gasteiger partial charge in [0.25, 0.3) is 0 Å². The highest BCUT2D eigenvalue weighted by Crippen LogP contribution is 2.44. The summed E-state index contributed by atoms with van der Waals surface area (Å²) in [5.74, 6) is -0.816. The first kappa shape index (κ1) is 33.2. The Hall–Kier alpha value is -3.72. The van der Waals surface area contributed by atoms with E-state index in [1.54, 1.807) is 48.5 Å². The second-order valence-electron chi connectivity index (χ2n) is 11.0. The van der Waals surface area contributed by atoms with Crippen molar-refractivity contribution in [2.24, 2.45) is 0 Å². The molecule has 0 spiro atoms. The molecular weight excluding hydrogens is 586 g/mol. The molecule has 0 radical (unpaired) electrons. The van der Waals surface area contributed by atoms with Gasteiger partial charge in [0.05, 0.1) is 12.3 Å². The van der Waals surface area contributed by atoms with Crippen LogP contribution in [0.15, 0.2) is 121 Å². The Morgan fingerprint density at radius 1 is 0.523 bits per heavy atom. The van der Waals surface area contributed by atoms with Gasteiger partial charge in [-0.2, -0.15) is 0 Å². The lowest BCUT2D eigenvalue weighted by Crippen LogP contribution is -2.50. The number of unbranched alkanes of at least 4 members (excludes halogenated alkanes) is 4. The van der Waals surface area contributed by atoms with Crippen LogP contribution in [0, 0.1) is 0 Å². The maximum atomic E-state index is 14.5. The molecule has 0 bridgehead atoms. The van der Waals surface area contributed by atoms with Gasteiger partial charge in [-0.05, 0) is 12.8 Å². The van der Waals surface area contributed by atoms with Crippen molar-refractivity contribution in [3.63, 3.8) is 0 Å². The molecule has 0 aliphatic heterocycles. The number of hydrogen-bond acceptors (Lipinski definition) is 4. The van der Waals surface area contributed by atoms with Crippen LogP contribution >= 0.6 is 14.3 Å². The Balaban J connectivity index is 1.54. The third-order valence-corrected chi connectivity index (χ3v) is 13.7. The van der Waals surface area contributed by atoms with Crippen molar-refractivity contribution >= 4 is 47.3 Å². The van der Waals surface area contributed by atoms with Crippen molar-refractivity contribution in [1.82, 2.24) is 10.6 Å². The lowest BCUT2D eigenvalue weighted by molar-refractivity contribution is -0.121. The minimum Gasteiger partial charge on any atom is -0.336 e. The summed E-state index contributed by atoms with van der Waals surface area (Å²) < 4.78 is 29.0. The van der Waals surface area contributed by atoms with E-state index in [4.69, 9.17) is 0 Å². The molecule has 0 saturated carbocycles. The Labute approximate surface area is 261 Å². The van der Waals surface area contributed by atoms with Gasteiger partial charge >= 0.3 is 0 Å². The van der Waals surface area contributed by atoms with Crippen LogP contribution in [0.4, 0.5) is 0 Å². The van der Waals surface area contributed by atoms with E-state index >= 15 is 0 Å². The first-order valence-electron chi connectivity index (χ1n) is 15.3. The highest BCUT2D eigenvalue weighted by atomic mass is 31.2. The van der Waals surface area contributed by atoms with E-state index in [1.165, 1.54) is 0 Å². The summed E-state index contributed by atoms with van der Waals surface area (Å²) in [6.07, 6.45) is 4.45. The standard InChI is InChI=1S/C36H42N2O4P2/c1-2-3-4-5-18-27-34(37-35(39)28-43(41,30-19-10-6-11-20-30)31-21-12-7-13-22-31)38-36(40)29-44(42,32-23-14-8-15-24-32)33-25-16-9-17-26-33/h6-17,19-26,34H,2-5,18,27-29H2,1H3,(H,37,39)(H,38,40). The van der Waals surface area contributed by atoms with Crippen LogP contribution < -0.4 is 31.9 Å². The summed E-state index contributed by atoms with van der Waals surface area (Å²) in [5.41, 5.74) is 0. The molecule has 8 heteroatoms. The smallest absolute Gasteiger partial charge is 0.229 e. The van der Waals surface area contributed by atoms with E-state index in [1.807, 2.05) is 72.8 Å². The topological polar surface area (TPSA) is 92.3 Å². The summed E-state index contributed by atoms with van der Waals surface area (Å²) >= 11 is 0. The zero-order valence-corrected chi connectivity index (χ0v) is 27.1. The number of benzene rings is 4. The summed E-state index contributed by atoms with van der Waals surface area (Å²) in [4.78, 5) is 27.1. The van der Waals surface area contributed by atoms with E-state index in [9.17, 15) is 18.7 Å². The second kappa shape index (κ2) is 16.4. The summed E-state index contributed by atoms with van der Waals surface area (Å²) in [7, 11) is -6.59. The van der Waals surface area contributed by atoms with Crippen molar-refractivity contribution in [2.75, 3.05) is 12.3 Å². The first-order chi connectivity index (χ1) is 21.3. The minimum absolute atomic E-state index is 0.226. The Kier molecular flexibility index (Phi) is 12.4. The van der Waals surface area contributed by atoms with Gasteiger partial charge in [0.1, 0.15) is 6.17 Å². The van der Waals surface area contributed by atoms with Gasteiger partial charge < -0.3 is 19.8 Å². The third kappa shape index (κ3) is 8.91. The van der Waals surface area contributed by atoms with Crippen molar-refractivity contribution in [3.05, 3.63) is 121 Å². The van der Waals surface area contributed by atoms with Crippen LogP contribution in [0.5, 0.6) is 0 Å². The number of carbonyl (C=O) groups is 2. The van der Waals surface area contributed by atoms with E-state index in [0.29, 0.717) is 27.6 Å². The summed E-state index contributed by atoms with van der Waals surface area (Å²) in [5, 5.41) is 8.35. The molecular formula is C36H42N2O4P2. The molecule has 2 amide bonds. The monoisotopic (exact) mass is 628 g/mol. The molecule has 0 aromatic heterocycles. The Morgan fingerprint density at radius 2 is 0.841 bits per heavy atom. The normalized spacial score (nSPS) is 11.7. The molecule has 0 unspecified atom stereocenters. The maximum absolute atomic E-state index is 14.5. The van der Waals surface area contributed by atoms with Crippen LogP contribution in [-0.2, 0) is 18.7 Å². The molecule has 4 aromatic rings. The van der Waals surface area contributed by atoms with E-state index in [0.717, 1.165) is 32.1 Å². The van der Waals surface area contributed by atoms with Gasteiger partial charge in [-0.25, -0.2) is 0 Å². The molecule has 0 heterocycles. The second-order valence-corrected chi connectivity index (χ2v) is 16.7. The van der Waals surface area contributed by atoms with E-state index < -0.39 is 32.3 Å². The van der Waals surface area contributed by atoms with Gasteiger partial charge in [-0.3, -0.25) is 9.59 Å². The van der Waals surface area contributed by atoms with Gasteiger partial charge in [-0.1, -0.05) is 154 Å². The lowest BCUT2D eigenvalue weighted by Gasteiger charge is -2.25.